The summed E-state index contributed by atoms with van der Waals surface area (Å²) in [5, 5.41) is 3.18. The highest BCUT2D eigenvalue weighted by Gasteiger charge is 2.33. The third kappa shape index (κ3) is 4.75. The third-order valence-corrected chi connectivity index (χ3v) is 6.57. The van der Waals surface area contributed by atoms with Crippen molar-refractivity contribution in [2.45, 2.75) is 52.9 Å². The molecule has 2 aliphatic rings. The fourth-order valence-corrected chi connectivity index (χ4v) is 4.57. The highest BCUT2D eigenvalue weighted by Crippen LogP contribution is 2.32. The Morgan fingerprint density at radius 1 is 1.00 bits per heavy atom. The number of rotatable bonds is 5. The zero-order valence-corrected chi connectivity index (χ0v) is 17.7. The van der Waals surface area contributed by atoms with E-state index in [0.29, 0.717) is 5.91 Å². The maximum atomic E-state index is 12.9. The molecular formula is C23H35N3O2. The molecule has 1 saturated heterocycles. The van der Waals surface area contributed by atoms with Crippen LogP contribution in [-0.4, -0.2) is 54.3 Å². The van der Waals surface area contributed by atoms with E-state index < -0.39 is 0 Å². The molecule has 0 unspecified atom stereocenters. The van der Waals surface area contributed by atoms with E-state index in [-0.39, 0.29) is 17.7 Å². The number of hydrogen-bond acceptors (Lipinski definition) is 3. The standard InChI is InChI=1S/C23H35N3O2/c1-4-18-8-6-7-17(3)21(18)24-22(27)19-9-11-20(12-10-19)23(28)26-15-13-25(5-2)14-16-26/h6-8,19-20H,4-5,9-16H2,1-3H3,(H,24,27). The fourth-order valence-electron chi connectivity index (χ4n) is 4.57. The summed E-state index contributed by atoms with van der Waals surface area (Å²) < 4.78 is 0. The number of nitrogens with one attached hydrogen (secondary N) is 1. The van der Waals surface area contributed by atoms with Crippen LogP contribution in [0, 0.1) is 18.8 Å². The SMILES string of the molecule is CCc1cccc(C)c1NC(=O)C1CCC(C(=O)N2CCN(CC)CC2)CC1. The molecule has 0 aromatic heterocycles. The topological polar surface area (TPSA) is 52.7 Å². The van der Waals surface area contributed by atoms with E-state index in [2.05, 4.69) is 30.1 Å². The zero-order chi connectivity index (χ0) is 20.1. The van der Waals surface area contributed by atoms with Gasteiger partial charge in [-0.25, -0.2) is 0 Å². The van der Waals surface area contributed by atoms with Gasteiger partial charge in [0.05, 0.1) is 0 Å². The van der Waals surface area contributed by atoms with Gasteiger partial charge in [-0.1, -0.05) is 32.0 Å². The van der Waals surface area contributed by atoms with E-state index in [1.165, 1.54) is 5.56 Å². The van der Waals surface area contributed by atoms with Gasteiger partial charge in [0, 0.05) is 43.7 Å². The van der Waals surface area contributed by atoms with Crippen LogP contribution in [0.3, 0.4) is 0 Å². The van der Waals surface area contributed by atoms with Gasteiger partial charge in [-0.05, 0) is 56.7 Å². The molecule has 2 amide bonds. The lowest BCUT2D eigenvalue weighted by atomic mass is 9.80. The number of para-hydroxylation sites is 1. The molecule has 154 valence electrons. The lowest BCUT2D eigenvalue weighted by molar-refractivity contribution is -0.139. The van der Waals surface area contributed by atoms with Crippen LogP contribution in [0.25, 0.3) is 0 Å². The molecule has 0 radical (unpaired) electrons. The molecule has 5 heteroatoms. The smallest absolute Gasteiger partial charge is 0.227 e. The minimum absolute atomic E-state index is 0.0188. The van der Waals surface area contributed by atoms with Crippen molar-refractivity contribution in [2.75, 3.05) is 38.0 Å². The molecular weight excluding hydrogens is 350 g/mol. The maximum absolute atomic E-state index is 12.9. The van der Waals surface area contributed by atoms with Gasteiger partial charge < -0.3 is 15.1 Å². The summed E-state index contributed by atoms with van der Waals surface area (Å²) in [6.45, 7) is 11.0. The fraction of sp³-hybridized carbons (Fsp3) is 0.652. The normalized spacial score (nSPS) is 23.5. The second-order valence-corrected chi connectivity index (χ2v) is 8.26. The molecule has 3 rings (SSSR count). The monoisotopic (exact) mass is 385 g/mol. The molecule has 1 N–H and O–H groups in total. The van der Waals surface area contributed by atoms with E-state index >= 15 is 0 Å². The molecule has 28 heavy (non-hydrogen) atoms. The van der Waals surface area contributed by atoms with Gasteiger partial charge in [-0.2, -0.15) is 0 Å². The van der Waals surface area contributed by atoms with Crippen LogP contribution in [0.4, 0.5) is 5.69 Å². The number of aryl methyl sites for hydroxylation is 2. The van der Waals surface area contributed by atoms with Crippen LogP contribution in [0.2, 0.25) is 0 Å². The number of nitrogens with zero attached hydrogens (tertiary/aromatic N) is 2. The van der Waals surface area contributed by atoms with Crippen LogP contribution in [0.15, 0.2) is 18.2 Å². The molecule has 1 aliphatic carbocycles. The average Bonchev–Trinajstić information content (AvgIpc) is 2.74. The molecule has 0 spiro atoms. The Bertz CT molecular complexity index is 687. The number of carbonyl (C=O) groups excluding carboxylic acids is 2. The first-order chi connectivity index (χ1) is 13.5. The van der Waals surface area contributed by atoms with Crippen LogP contribution >= 0.6 is 0 Å². The minimum atomic E-state index is 0.0188. The lowest BCUT2D eigenvalue weighted by Gasteiger charge is -2.37. The van der Waals surface area contributed by atoms with E-state index in [1.54, 1.807) is 0 Å². The van der Waals surface area contributed by atoms with Gasteiger partial charge in [0.25, 0.3) is 0 Å². The first-order valence-electron chi connectivity index (χ1n) is 10.9. The molecule has 1 heterocycles. The van der Waals surface area contributed by atoms with Crippen molar-refractivity contribution in [3.8, 4) is 0 Å². The zero-order valence-electron chi connectivity index (χ0n) is 17.7. The predicted molar refractivity (Wildman–Crippen MR) is 113 cm³/mol. The Balaban J connectivity index is 1.51. The number of hydrogen-bond donors (Lipinski definition) is 1. The predicted octanol–water partition coefficient (Wildman–Crippen LogP) is 3.47. The molecule has 0 bridgehead atoms. The van der Waals surface area contributed by atoms with Crippen molar-refractivity contribution in [1.82, 2.24) is 9.80 Å². The summed E-state index contributed by atoms with van der Waals surface area (Å²) in [4.78, 5) is 30.1. The lowest BCUT2D eigenvalue weighted by Crippen LogP contribution is -2.50. The van der Waals surface area contributed by atoms with E-state index in [1.807, 2.05) is 24.0 Å². The van der Waals surface area contributed by atoms with Gasteiger partial charge in [0.2, 0.25) is 11.8 Å². The van der Waals surface area contributed by atoms with Crippen molar-refractivity contribution >= 4 is 17.5 Å². The molecule has 1 aromatic rings. The molecule has 1 aromatic carbocycles. The first kappa shape index (κ1) is 20.8. The summed E-state index contributed by atoms with van der Waals surface area (Å²) in [7, 11) is 0. The van der Waals surface area contributed by atoms with Crippen LogP contribution < -0.4 is 5.32 Å². The number of piperazine rings is 1. The van der Waals surface area contributed by atoms with Gasteiger partial charge in [0.15, 0.2) is 0 Å². The quantitative estimate of drug-likeness (QED) is 0.844. The third-order valence-electron chi connectivity index (χ3n) is 6.57. The summed E-state index contributed by atoms with van der Waals surface area (Å²) in [5.41, 5.74) is 3.27. The van der Waals surface area contributed by atoms with Gasteiger partial charge in [0.1, 0.15) is 0 Å². The number of amides is 2. The Morgan fingerprint density at radius 3 is 2.25 bits per heavy atom. The van der Waals surface area contributed by atoms with Crippen molar-refractivity contribution in [2.24, 2.45) is 11.8 Å². The van der Waals surface area contributed by atoms with Crippen molar-refractivity contribution in [3.63, 3.8) is 0 Å². The number of benzene rings is 1. The Labute approximate surface area is 169 Å². The van der Waals surface area contributed by atoms with Crippen molar-refractivity contribution < 1.29 is 9.59 Å². The van der Waals surface area contributed by atoms with E-state index in [0.717, 1.165) is 76.1 Å². The van der Waals surface area contributed by atoms with Gasteiger partial charge >= 0.3 is 0 Å². The first-order valence-corrected chi connectivity index (χ1v) is 10.9. The van der Waals surface area contributed by atoms with E-state index in [9.17, 15) is 9.59 Å². The summed E-state index contributed by atoms with van der Waals surface area (Å²) in [6, 6.07) is 6.17. The number of carbonyl (C=O) groups is 2. The number of anilines is 1. The van der Waals surface area contributed by atoms with Crippen LogP contribution in [0.5, 0.6) is 0 Å². The summed E-state index contributed by atoms with van der Waals surface area (Å²) in [5.74, 6) is 0.542. The number of likely N-dealkylation sites (N-methyl/N-ethyl adjacent to an activating group) is 1. The molecule has 1 aliphatic heterocycles. The Hall–Kier alpha value is -1.88. The summed E-state index contributed by atoms with van der Waals surface area (Å²) in [6.07, 6.45) is 4.19. The van der Waals surface area contributed by atoms with Crippen molar-refractivity contribution in [3.05, 3.63) is 29.3 Å². The Morgan fingerprint density at radius 2 is 1.64 bits per heavy atom. The van der Waals surface area contributed by atoms with Crippen LogP contribution in [0.1, 0.15) is 50.7 Å². The van der Waals surface area contributed by atoms with Crippen LogP contribution in [-0.2, 0) is 16.0 Å². The highest BCUT2D eigenvalue weighted by atomic mass is 16.2. The largest absolute Gasteiger partial charge is 0.340 e. The molecule has 0 atom stereocenters. The minimum Gasteiger partial charge on any atom is -0.340 e. The van der Waals surface area contributed by atoms with Gasteiger partial charge in [-0.15, -0.1) is 0 Å². The van der Waals surface area contributed by atoms with E-state index in [4.69, 9.17) is 0 Å². The second-order valence-electron chi connectivity index (χ2n) is 8.26. The maximum Gasteiger partial charge on any atom is 0.227 e. The van der Waals surface area contributed by atoms with Crippen molar-refractivity contribution in [1.29, 1.82) is 0 Å². The molecule has 5 nitrogen and oxygen atoms in total. The Kier molecular flexibility index (Phi) is 7.11. The molecule has 1 saturated carbocycles. The summed E-state index contributed by atoms with van der Waals surface area (Å²) >= 11 is 0. The van der Waals surface area contributed by atoms with Gasteiger partial charge in [-0.3, -0.25) is 9.59 Å². The average molecular weight is 386 g/mol. The highest BCUT2D eigenvalue weighted by molar-refractivity contribution is 5.94. The second kappa shape index (κ2) is 9.55. The molecule has 2 fully saturated rings.